The van der Waals surface area contributed by atoms with Crippen molar-refractivity contribution < 1.29 is 22.4 Å². The van der Waals surface area contributed by atoms with Crippen LogP contribution in [0.1, 0.15) is 21.6 Å². The topological polar surface area (TPSA) is 73.0 Å². The van der Waals surface area contributed by atoms with Crippen LogP contribution in [0.3, 0.4) is 0 Å². The van der Waals surface area contributed by atoms with Gasteiger partial charge >= 0.3 is 6.18 Å². The number of carbonyl (C=O) groups excluding carboxylic acids is 1. The maximum absolute atomic E-state index is 13.9. The van der Waals surface area contributed by atoms with Gasteiger partial charge in [-0.3, -0.25) is 4.79 Å². The van der Waals surface area contributed by atoms with Gasteiger partial charge in [-0.2, -0.15) is 18.3 Å². The first-order valence-corrected chi connectivity index (χ1v) is 10.3. The lowest BCUT2D eigenvalue weighted by Crippen LogP contribution is -2.20. The molecule has 34 heavy (non-hydrogen) atoms. The third-order valence-corrected chi connectivity index (χ3v) is 5.24. The molecule has 0 aliphatic carbocycles. The fourth-order valence-electron chi connectivity index (χ4n) is 3.56. The molecule has 0 atom stereocenters. The molecule has 3 aromatic carbocycles. The Balaban J connectivity index is 1.41. The summed E-state index contributed by atoms with van der Waals surface area (Å²) in [6.07, 6.45) is -3.87. The second-order valence-corrected chi connectivity index (χ2v) is 7.67. The molecule has 6 nitrogen and oxygen atoms in total. The van der Waals surface area contributed by atoms with Gasteiger partial charge in [0.05, 0.1) is 17.4 Å². The Kier molecular flexibility index (Phi) is 5.16. The molecule has 1 N–H and O–H groups in total. The number of aromatic nitrogens is 3. The predicted octanol–water partition coefficient (Wildman–Crippen LogP) is 6.26. The summed E-state index contributed by atoms with van der Waals surface area (Å²) in [6, 6.07) is 20.2. The number of halogens is 3. The predicted molar refractivity (Wildman–Crippen MR) is 121 cm³/mol. The van der Waals surface area contributed by atoms with Crippen molar-refractivity contribution in [3.05, 3.63) is 95.8 Å². The summed E-state index contributed by atoms with van der Waals surface area (Å²) in [5.41, 5.74) is 1.72. The summed E-state index contributed by atoms with van der Waals surface area (Å²) >= 11 is 0. The molecular formula is C25H17F3N4O2. The van der Waals surface area contributed by atoms with Crippen LogP contribution in [0, 0.1) is 6.92 Å². The first kappa shape index (κ1) is 21.4. The van der Waals surface area contributed by atoms with Gasteiger partial charge in [0, 0.05) is 11.3 Å². The fraction of sp³-hybridized carbons (Fsp3) is 0.0800. The number of fused-ring (bicyclic) bond motifs is 1. The quantitative estimate of drug-likeness (QED) is 0.342. The number of benzene rings is 3. The van der Waals surface area contributed by atoms with Gasteiger partial charge in [-0.25, -0.2) is 9.67 Å². The largest absolute Gasteiger partial charge is 0.436 e. The maximum Gasteiger partial charge on any atom is 0.434 e. The highest BCUT2D eigenvalue weighted by Gasteiger charge is 2.40. The second kappa shape index (κ2) is 8.18. The number of hydrogen-bond donors (Lipinski definition) is 1. The van der Waals surface area contributed by atoms with Crippen molar-refractivity contribution in [2.24, 2.45) is 0 Å². The summed E-state index contributed by atoms with van der Waals surface area (Å²) in [7, 11) is 0. The van der Waals surface area contributed by atoms with E-state index in [-0.39, 0.29) is 5.69 Å². The molecule has 5 rings (SSSR count). The second-order valence-electron chi connectivity index (χ2n) is 7.67. The standard InChI is InChI=1S/C25H17F3N4O2/c1-15-6-12-18(13-7-15)32-22(25(26,27)28)19(14-29-32)23(33)30-17-10-8-16(9-11-17)24-31-20-4-2-3-5-21(20)34-24/h2-14H,1H3,(H,30,33). The number of aryl methyl sites for hydroxylation is 1. The summed E-state index contributed by atoms with van der Waals surface area (Å²) < 4.78 is 48.1. The summed E-state index contributed by atoms with van der Waals surface area (Å²) in [4.78, 5) is 17.2. The number of anilines is 1. The van der Waals surface area contributed by atoms with Crippen molar-refractivity contribution in [3.8, 4) is 17.1 Å². The SMILES string of the molecule is Cc1ccc(-n2ncc(C(=O)Nc3ccc(-c4nc5ccccc5o4)cc3)c2C(F)(F)F)cc1. The first-order chi connectivity index (χ1) is 16.3. The van der Waals surface area contributed by atoms with E-state index in [0.29, 0.717) is 28.2 Å². The van der Waals surface area contributed by atoms with Crippen LogP contribution in [-0.4, -0.2) is 20.7 Å². The smallest absolute Gasteiger partial charge is 0.434 e. The van der Waals surface area contributed by atoms with Crippen LogP contribution in [0.5, 0.6) is 0 Å². The molecule has 0 spiro atoms. The van der Waals surface area contributed by atoms with Crippen LogP contribution in [0.4, 0.5) is 18.9 Å². The summed E-state index contributed by atoms with van der Waals surface area (Å²) in [5.74, 6) is -0.516. The lowest BCUT2D eigenvalue weighted by Gasteiger charge is -2.13. The van der Waals surface area contributed by atoms with Gasteiger partial charge in [-0.1, -0.05) is 29.8 Å². The average Bonchev–Trinajstić information content (AvgIpc) is 3.45. The zero-order valence-electron chi connectivity index (χ0n) is 17.8. The minimum Gasteiger partial charge on any atom is -0.436 e. The number of oxazole rings is 1. The maximum atomic E-state index is 13.9. The van der Waals surface area contributed by atoms with Gasteiger partial charge in [-0.05, 0) is 55.5 Å². The van der Waals surface area contributed by atoms with Gasteiger partial charge in [0.15, 0.2) is 11.3 Å². The van der Waals surface area contributed by atoms with E-state index < -0.39 is 23.3 Å². The number of nitrogens with zero attached hydrogens (tertiary/aromatic N) is 3. The Morgan fingerprint density at radius 2 is 1.68 bits per heavy atom. The molecule has 0 aliphatic rings. The van der Waals surface area contributed by atoms with Crippen LogP contribution in [-0.2, 0) is 6.18 Å². The van der Waals surface area contributed by atoms with E-state index in [1.165, 1.54) is 12.1 Å². The molecule has 2 aromatic heterocycles. The van der Waals surface area contributed by atoms with Crippen LogP contribution in [0.15, 0.2) is 83.4 Å². The Bertz CT molecular complexity index is 1450. The highest BCUT2D eigenvalue weighted by atomic mass is 19.4. The van der Waals surface area contributed by atoms with E-state index in [9.17, 15) is 18.0 Å². The minimum absolute atomic E-state index is 0.208. The summed E-state index contributed by atoms with van der Waals surface area (Å²) in [5, 5.41) is 6.34. The van der Waals surface area contributed by atoms with Crippen molar-refractivity contribution in [2.45, 2.75) is 13.1 Å². The van der Waals surface area contributed by atoms with Crippen molar-refractivity contribution in [3.63, 3.8) is 0 Å². The molecule has 0 radical (unpaired) electrons. The van der Waals surface area contributed by atoms with Crippen molar-refractivity contribution >= 4 is 22.7 Å². The highest BCUT2D eigenvalue weighted by Crippen LogP contribution is 2.34. The minimum atomic E-state index is -4.79. The van der Waals surface area contributed by atoms with Gasteiger partial charge in [0.1, 0.15) is 5.52 Å². The molecule has 0 saturated heterocycles. The zero-order valence-corrected chi connectivity index (χ0v) is 17.8. The Hall–Kier alpha value is -4.40. The van der Waals surface area contributed by atoms with Gasteiger partial charge < -0.3 is 9.73 Å². The highest BCUT2D eigenvalue weighted by molar-refractivity contribution is 6.05. The first-order valence-electron chi connectivity index (χ1n) is 10.3. The van der Waals surface area contributed by atoms with Crippen LogP contribution in [0.25, 0.3) is 28.2 Å². The van der Waals surface area contributed by atoms with E-state index in [1.54, 1.807) is 42.5 Å². The number of amides is 1. The Morgan fingerprint density at radius 3 is 2.35 bits per heavy atom. The van der Waals surface area contributed by atoms with Crippen molar-refractivity contribution in [2.75, 3.05) is 5.32 Å². The fourth-order valence-corrected chi connectivity index (χ4v) is 3.56. The van der Waals surface area contributed by atoms with E-state index >= 15 is 0 Å². The molecule has 9 heteroatoms. The molecule has 0 saturated carbocycles. The van der Waals surface area contributed by atoms with E-state index in [0.717, 1.165) is 16.4 Å². The lowest BCUT2D eigenvalue weighted by molar-refractivity contribution is -0.143. The molecule has 5 aromatic rings. The number of hydrogen-bond acceptors (Lipinski definition) is 4. The number of rotatable bonds is 4. The number of nitrogens with one attached hydrogen (secondary N) is 1. The van der Waals surface area contributed by atoms with Crippen LogP contribution < -0.4 is 5.32 Å². The van der Waals surface area contributed by atoms with Crippen molar-refractivity contribution in [1.29, 1.82) is 0 Å². The zero-order chi connectivity index (χ0) is 23.9. The molecular weight excluding hydrogens is 445 g/mol. The normalized spacial score (nSPS) is 11.6. The molecule has 1 amide bonds. The number of alkyl halides is 3. The van der Waals surface area contributed by atoms with E-state index in [4.69, 9.17) is 4.42 Å². The van der Waals surface area contributed by atoms with Crippen LogP contribution in [0.2, 0.25) is 0 Å². The number of para-hydroxylation sites is 2. The third kappa shape index (κ3) is 4.03. The number of carbonyl (C=O) groups is 1. The third-order valence-electron chi connectivity index (χ3n) is 5.24. The average molecular weight is 462 g/mol. The van der Waals surface area contributed by atoms with E-state index in [2.05, 4.69) is 15.4 Å². The Morgan fingerprint density at radius 1 is 0.971 bits per heavy atom. The van der Waals surface area contributed by atoms with Crippen LogP contribution >= 0.6 is 0 Å². The van der Waals surface area contributed by atoms with Gasteiger partial charge in [-0.15, -0.1) is 0 Å². The Labute approximate surface area is 191 Å². The van der Waals surface area contributed by atoms with Gasteiger partial charge in [0.25, 0.3) is 5.91 Å². The lowest BCUT2D eigenvalue weighted by atomic mass is 10.1. The molecule has 170 valence electrons. The molecule has 0 bridgehead atoms. The molecule has 0 fully saturated rings. The summed E-state index contributed by atoms with van der Waals surface area (Å²) in [6.45, 7) is 1.83. The molecule has 2 heterocycles. The van der Waals surface area contributed by atoms with Crippen molar-refractivity contribution in [1.82, 2.24) is 14.8 Å². The van der Waals surface area contributed by atoms with Gasteiger partial charge in [0.2, 0.25) is 5.89 Å². The van der Waals surface area contributed by atoms with E-state index in [1.807, 2.05) is 25.1 Å². The molecule has 0 aliphatic heterocycles. The molecule has 0 unspecified atom stereocenters. The monoisotopic (exact) mass is 462 g/mol.